The lowest BCUT2D eigenvalue weighted by Crippen LogP contribution is -2.04. The van der Waals surface area contributed by atoms with Crippen molar-refractivity contribution in [3.05, 3.63) is 41.6 Å². The van der Waals surface area contributed by atoms with Crippen LogP contribution in [0, 0.1) is 0 Å². The van der Waals surface area contributed by atoms with Crippen LogP contribution in [0.1, 0.15) is 49.3 Å². The minimum atomic E-state index is 0. The van der Waals surface area contributed by atoms with Gasteiger partial charge in [0.2, 0.25) is 5.82 Å². The van der Waals surface area contributed by atoms with E-state index in [0.29, 0.717) is 29.9 Å². The van der Waals surface area contributed by atoms with Gasteiger partial charge in [-0.3, -0.25) is 5.10 Å². The van der Waals surface area contributed by atoms with Gasteiger partial charge in [-0.2, -0.15) is 10.1 Å². The summed E-state index contributed by atoms with van der Waals surface area (Å²) in [6.07, 6.45) is 6.38. The van der Waals surface area contributed by atoms with Crippen LogP contribution in [-0.4, -0.2) is 20.3 Å². The number of H-pyrrole nitrogens is 1. The van der Waals surface area contributed by atoms with Crippen LogP contribution < -0.4 is 5.73 Å². The summed E-state index contributed by atoms with van der Waals surface area (Å²) in [6, 6.07) is 9.90. The Bertz CT molecular complexity index is 805. The van der Waals surface area contributed by atoms with Crippen molar-refractivity contribution in [3.8, 4) is 23.0 Å². The van der Waals surface area contributed by atoms with Crippen LogP contribution in [0.2, 0.25) is 0 Å². The van der Waals surface area contributed by atoms with E-state index in [1.807, 2.05) is 30.3 Å². The number of benzene rings is 1. The van der Waals surface area contributed by atoms with E-state index in [-0.39, 0.29) is 12.4 Å². The fourth-order valence-electron chi connectivity index (χ4n) is 3.30. The minimum absolute atomic E-state index is 0. The number of aromatic nitrogens is 4. The molecular formula is C18H22ClN5O. The molecule has 7 heteroatoms. The zero-order chi connectivity index (χ0) is 16.4. The largest absolute Gasteiger partial charge is 0.332 e. The van der Waals surface area contributed by atoms with Gasteiger partial charge in [-0.05, 0) is 24.5 Å². The zero-order valence-electron chi connectivity index (χ0n) is 13.9. The molecule has 2 heterocycles. The third kappa shape index (κ3) is 3.75. The average molecular weight is 360 g/mol. The van der Waals surface area contributed by atoms with Crippen LogP contribution in [0.5, 0.6) is 0 Å². The van der Waals surface area contributed by atoms with Gasteiger partial charge >= 0.3 is 0 Å². The second-order valence-corrected chi connectivity index (χ2v) is 6.37. The SMILES string of the molecule is Cl.NCc1ccc(-c2noc(-c3cc(C4CCCCC4)[nH]n3)n2)cc1. The second-order valence-electron chi connectivity index (χ2n) is 6.37. The highest BCUT2D eigenvalue weighted by Gasteiger charge is 2.20. The van der Waals surface area contributed by atoms with Gasteiger partial charge in [0.05, 0.1) is 0 Å². The molecule has 3 aromatic rings. The van der Waals surface area contributed by atoms with E-state index in [2.05, 4.69) is 20.3 Å². The van der Waals surface area contributed by atoms with E-state index in [0.717, 1.165) is 11.1 Å². The molecule has 1 aliphatic rings. The molecule has 3 N–H and O–H groups in total. The predicted molar refractivity (Wildman–Crippen MR) is 98.3 cm³/mol. The van der Waals surface area contributed by atoms with Gasteiger partial charge in [0, 0.05) is 23.7 Å². The smallest absolute Gasteiger partial charge is 0.278 e. The van der Waals surface area contributed by atoms with Crippen LogP contribution in [0.15, 0.2) is 34.9 Å². The summed E-state index contributed by atoms with van der Waals surface area (Å²) < 4.78 is 5.39. The maximum absolute atomic E-state index is 5.62. The molecule has 1 aliphatic carbocycles. The van der Waals surface area contributed by atoms with Crippen LogP contribution in [0.25, 0.3) is 23.0 Å². The Hall–Kier alpha value is -2.18. The number of rotatable bonds is 4. The number of nitrogens with two attached hydrogens (primary N) is 1. The maximum atomic E-state index is 5.62. The summed E-state index contributed by atoms with van der Waals surface area (Å²) in [7, 11) is 0. The standard InChI is InChI=1S/C18H21N5O.ClH/c19-11-12-6-8-14(9-7-12)17-20-18(24-23-17)16-10-15(21-22-16)13-4-2-1-3-5-13;/h6-10,13H,1-5,11,19H2,(H,21,22);1H. The first kappa shape index (κ1) is 17.6. The molecule has 4 rings (SSSR count). The first-order valence-electron chi connectivity index (χ1n) is 8.52. The summed E-state index contributed by atoms with van der Waals surface area (Å²) in [5, 5.41) is 11.6. The Morgan fingerprint density at radius 3 is 2.60 bits per heavy atom. The third-order valence-corrected chi connectivity index (χ3v) is 4.74. The van der Waals surface area contributed by atoms with Crippen molar-refractivity contribution in [1.29, 1.82) is 0 Å². The summed E-state index contributed by atoms with van der Waals surface area (Å²) in [5.41, 5.74) is 9.50. The fraction of sp³-hybridized carbons (Fsp3) is 0.389. The van der Waals surface area contributed by atoms with Crippen molar-refractivity contribution >= 4 is 12.4 Å². The van der Waals surface area contributed by atoms with Gasteiger partial charge in [0.15, 0.2) is 5.69 Å². The quantitative estimate of drug-likeness (QED) is 0.732. The summed E-state index contributed by atoms with van der Waals surface area (Å²) in [5.74, 6) is 1.59. The Morgan fingerprint density at radius 1 is 1.12 bits per heavy atom. The van der Waals surface area contributed by atoms with E-state index in [1.54, 1.807) is 0 Å². The van der Waals surface area contributed by atoms with E-state index in [9.17, 15) is 0 Å². The van der Waals surface area contributed by atoms with Gasteiger partial charge in [-0.1, -0.05) is 48.7 Å². The molecule has 0 saturated heterocycles. The second kappa shape index (κ2) is 7.80. The maximum Gasteiger partial charge on any atom is 0.278 e. The number of hydrogen-bond donors (Lipinski definition) is 2. The summed E-state index contributed by atoms with van der Waals surface area (Å²) in [4.78, 5) is 4.47. The van der Waals surface area contributed by atoms with E-state index in [1.165, 1.54) is 37.8 Å². The molecule has 0 amide bonds. The van der Waals surface area contributed by atoms with Crippen LogP contribution in [-0.2, 0) is 6.54 Å². The molecule has 0 spiro atoms. The number of halogens is 1. The van der Waals surface area contributed by atoms with Crippen molar-refractivity contribution < 1.29 is 4.52 Å². The lowest BCUT2D eigenvalue weighted by molar-refractivity contribution is 0.431. The van der Waals surface area contributed by atoms with Crippen molar-refractivity contribution in [2.75, 3.05) is 0 Å². The van der Waals surface area contributed by atoms with Crippen LogP contribution in [0.4, 0.5) is 0 Å². The van der Waals surface area contributed by atoms with Crippen molar-refractivity contribution in [3.63, 3.8) is 0 Å². The number of nitrogens with zero attached hydrogens (tertiary/aromatic N) is 3. The molecule has 1 fully saturated rings. The average Bonchev–Trinajstić information content (AvgIpc) is 3.32. The molecule has 0 radical (unpaired) electrons. The molecule has 1 aromatic carbocycles. The van der Waals surface area contributed by atoms with E-state index >= 15 is 0 Å². The molecule has 1 saturated carbocycles. The Morgan fingerprint density at radius 2 is 1.88 bits per heavy atom. The van der Waals surface area contributed by atoms with E-state index in [4.69, 9.17) is 10.3 Å². The van der Waals surface area contributed by atoms with Crippen LogP contribution in [0.3, 0.4) is 0 Å². The van der Waals surface area contributed by atoms with Crippen molar-refractivity contribution in [2.45, 2.75) is 44.6 Å². The highest BCUT2D eigenvalue weighted by atomic mass is 35.5. The molecule has 0 unspecified atom stereocenters. The molecule has 0 atom stereocenters. The molecular weight excluding hydrogens is 338 g/mol. The molecule has 0 bridgehead atoms. The fourth-order valence-corrected chi connectivity index (χ4v) is 3.30. The van der Waals surface area contributed by atoms with E-state index < -0.39 is 0 Å². The number of nitrogens with one attached hydrogen (secondary N) is 1. The van der Waals surface area contributed by atoms with Crippen molar-refractivity contribution in [1.82, 2.24) is 20.3 Å². The molecule has 25 heavy (non-hydrogen) atoms. The van der Waals surface area contributed by atoms with Gasteiger partial charge in [0.1, 0.15) is 0 Å². The van der Waals surface area contributed by atoms with Gasteiger partial charge in [-0.25, -0.2) is 0 Å². The van der Waals surface area contributed by atoms with Crippen molar-refractivity contribution in [2.24, 2.45) is 5.73 Å². The molecule has 6 nitrogen and oxygen atoms in total. The summed E-state index contributed by atoms with van der Waals surface area (Å²) >= 11 is 0. The Balaban J connectivity index is 0.00000182. The zero-order valence-corrected chi connectivity index (χ0v) is 14.8. The lowest BCUT2D eigenvalue weighted by Gasteiger charge is -2.19. The Kier molecular flexibility index (Phi) is 5.50. The normalized spacial score (nSPS) is 15.1. The highest BCUT2D eigenvalue weighted by molar-refractivity contribution is 5.85. The lowest BCUT2D eigenvalue weighted by atomic mass is 9.87. The monoisotopic (exact) mass is 359 g/mol. The van der Waals surface area contributed by atoms with Crippen LogP contribution >= 0.6 is 12.4 Å². The molecule has 132 valence electrons. The Labute approximate surface area is 152 Å². The molecule has 2 aromatic heterocycles. The number of hydrogen-bond acceptors (Lipinski definition) is 5. The van der Waals surface area contributed by atoms with Gasteiger partial charge < -0.3 is 10.3 Å². The summed E-state index contributed by atoms with van der Waals surface area (Å²) in [6.45, 7) is 0.523. The first-order valence-corrected chi connectivity index (χ1v) is 8.52. The first-order chi connectivity index (χ1) is 11.8. The minimum Gasteiger partial charge on any atom is -0.332 e. The van der Waals surface area contributed by atoms with Gasteiger partial charge in [-0.15, -0.1) is 12.4 Å². The highest BCUT2D eigenvalue weighted by Crippen LogP contribution is 2.33. The predicted octanol–water partition coefficient (Wildman–Crippen LogP) is 4.05. The molecule has 0 aliphatic heterocycles. The third-order valence-electron chi connectivity index (χ3n) is 4.74. The van der Waals surface area contributed by atoms with Gasteiger partial charge in [0.25, 0.3) is 5.89 Å². The number of aromatic amines is 1. The topological polar surface area (TPSA) is 93.6 Å².